The second-order valence-electron chi connectivity index (χ2n) is 7.71. The third-order valence-electron chi connectivity index (χ3n) is 4.89. The maximum Gasteiger partial charge on any atom is 0.241 e. The molecule has 0 aliphatic carbocycles. The number of amides is 2. The predicted octanol–water partition coefficient (Wildman–Crippen LogP) is 3.05. The number of aryl methyl sites for hydroxylation is 4. The summed E-state index contributed by atoms with van der Waals surface area (Å²) in [6.07, 6.45) is 0.535. The SMILES string of the molecule is Cc1cc(C)n(NC(=O)CCN(CCC(=O)Nn2nc(C)cc2C)c2ccc(I)cc2)n1. The molecule has 32 heavy (non-hydrogen) atoms. The van der Waals surface area contributed by atoms with E-state index in [1.165, 1.54) is 9.58 Å². The van der Waals surface area contributed by atoms with E-state index in [1.807, 2.05) is 69.0 Å². The highest BCUT2D eigenvalue weighted by Crippen LogP contribution is 2.17. The highest BCUT2D eigenvalue weighted by molar-refractivity contribution is 14.1. The maximum absolute atomic E-state index is 12.5. The first-order valence-electron chi connectivity index (χ1n) is 10.4. The van der Waals surface area contributed by atoms with Crippen LogP contribution in [0.2, 0.25) is 0 Å². The van der Waals surface area contributed by atoms with Gasteiger partial charge in [0.05, 0.1) is 22.8 Å². The van der Waals surface area contributed by atoms with Crippen LogP contribution in [0.3, 0.4) is 0 Å². The second kappa shape index (κ2) is 10.6. The third-order valence-corrected chi connectivity index (χ3v) is 5.61. The summed E-state index contributed by atoms with van der Waals surface area (Å²) in [6, 6.07) is 11.8. The van der Waals surface area contributed by atoms with Crippen LogP contribution in [0.15, 0.2) is 36.4 Å². The number of carbonyl (C=O) groups excluding carboxylic acids is 2. The van der Waals surface area contributed by atoms with Gasteiger partial charge in [0.25, 0.3) is 0 Å². The van der Waals surface area contributed by atoms with Crippen LogP contribution in [0, 0.1) is 31.3 Å². The van der Waals surface area contributed by atoms with Crippen LogP contribution in [-0.4, -0.2) is 44.7 Å². The molecular weight excluding hydrogens is 521 g/mol. The van der Waals surface area contributed by atoms with Crippen molar-refractivity contribution >= 4 is 40.1 Å². The molecule has 10 heteroatoms. The molecule has 3 rings (SSSR count). The predicted molar refractivity (Wildman–Crippen MR) is 133 cm³/mol. The normalized spacial score (nSPS) is 10.8. The van der Waals surface area contributed by atoms with Crippen molar-refractivity contribution in [2.24, 2.45) is 0 Å². The van der Waals surface area contributed by atoms with Gasteiger partial charge in [-0.2, -0.15) is 19.8 Å². The number of hydrogen-bond acceptors (Lipinski definition) is 5. The number of carbonyl (C=O) groups is 2. The van der Waals surface area contributed by atoms with Gasteiger partial charge in [-0.3, -0.25) is 9.59 Å². The van der Waals surface area contributed by atoms with Crippen molar-refractivity contribution in [3.63, 3.8) is 0 Å². The van der Waals surface area contributed by atoms with Crippen molar-refractivity contribution in [3.8, 4) is 0 Å². The molecule has 0 aliphatic heterocycles. The number of aromatic nitrogens is 4. The van der Waals surface area contributed by atoms with Gasteiger partial charge in [0, 0.05) is 35.2 Å². The van der Waals surface area contributed by atoms with Gasteiger partial charge in [0.2, 0.25) is 11.8 Å². The lowest BCUT2D eigenvalue weighted by Gasteiger charge is -2.24. The zero-order valence-electron chi connectivity index (χ0n) is 18.7. The minimum Gasteiger partial charge on any atom is -0.370 e. The molecule has 2 heterocycles. The number of nitrogens with one attached hydrogen (secondary N) is 2. The number of hydrogen-bond donors (Lipinski definition) is 2. The Morgan fingerprint density at radius 2 is 1.28 bits per heavy atom. The van der Waals surface area contributed by atoms with Crippen LogP contribution in [0.5, 0.6) is 0 Å². The Morgan fingerprint density at radius 1 is 0.844 bits per heavy atom. The van der Waals surface area contributed by atoms with Gasteiger partial charge >= 0.3 is 0 Å². The summed E-state index contributed by atoms with van der Waals surface area (Å²) < 4.78 is 1.12. The number of anilines is 1. The fraction of sp³-hybridized carbons (Fsp3) is 0.364. The van der Waals surface area contributed by atoms with Gasteiger partial charge in [-0.15, -0.1) is 0 Å². The number of rotatable bonds is 9. The van der Waals surface area contributed by atoms with E-state index in [4.69, 9.17) is 0 Å². The Balaban J connectivity index is 1.61. The first-order chi connectivity index (χ1) is 15.2. The highest BCUT2D eigenvalue weighted by atomic mass is 127. The van der Waals surface area contributed by atoms with Crippen molar-refractivity contribution in [2.75, 3.05) is 28.8 Å². The average molecular weight is 549 g/mol. The first kappa shape index (κ1) is 23.8. The van der Waals surface area contributed by atoms with E-state index in [0.29, 0.717) is 13.1 Å². The van der Waals surface area contributed by atoms with E-state index >= 15 is 0 Å². The molecule has 0 bridgehead atoms. The molecule has 9 nitrogen and oxygen atoms in total. The van der Waals surface area contributed by atoms with E-state index in [1.54, 1.807) is 0 Å². The smallest absolute Gasteiger partial charge is 0.241 e. The number of benzene rings is 1. The van der Waals surface area contributed by atoms with E-state index in [0.717, 1.165) is 32.0 Å². The molecule has 0 unspecified atom stereocenters. The maximum atomic E-state index is 12.5. The monoisotopic (exact) mass is 549 g/mol. The summed E-state index contributed by atoms with van der Waals surface area (Å²) in [5, 5.41) is 8.52. The highest BCUT2D eigenvalue weighted by Gasteiger charge is 2.14. The standard InChI is InChI=1S/C22H28IN7O2/c1-15-13-17(3)29(24-15)26-21(31)9-11-28(20-7-5-19(23)6-8-20)12-10-22(32)27-30-18(4)14-16(2)25-30/h5-8,13-14H,9-12H2,1-4H3,(H,26,31)(H,27,32). The van der Waals surface area contributed by atoms with Crippen molar-refractivity contribution < 1.29 is 9.59 Å². The number of halogens is 1. The van der Waals surface area contributed by atoms with Gasteiger partial charge in [-0.05, 0) is 86.7 Å². The molecule has 2 aromatic heterocycles. The van der Waals surface area contributed by atoms with E-state index in [2.05, 4.69) is 43.6 Å². The molecule has 0 fully saturated rings. The Kier molecular flexibility index (Phi) is 7.89. The Bertz CT molecular complexity index is 1020. The van der Waals surface area contributed by atoms with E-state index in [9.17, 15) is 9.59 Å². The van der Waals surface area contributed by atoms with Crippen LogP contribution < -0.4 is 15.8 Å². The zero-order valence-corrected chi connectivity index (χ0v) is 20.9. The molecule has 2 amide bonds. The van der Waals surface area contributed by atoms with Gasteiger partial charge in [-0.1, -0.05) is 0 Å². The molecule has 0 aliphatic rings. The van der Waals surface area contributed by atoms with Crippen molar-refractivity contribution in [2.45, 2.75) is 40.5 Å². The largest absolute Gasteiger partial charge is 0.370 e. The topological polar surface area (TPSA) is 97.1 Å². The van der Waals surface area contributed by atoms with Gasteiger partial charge < -0.3 is 4.90 Å². The summed E-state index contributed by atoms with van der Waals surface area (Å²) in [7, 11) is 0. The summed E-state index contributed by atoms with van der Waals surface area (Å²) in [5.74, 6) is -0.280. The molecule has 2 N–H and O–H groups in total. The van der Waals surface area contributed by atoms with Crippen molar-refractivity contribution in [1.82, 2.24) is 19.8 Å². The Morgan fingerprint density at radius 3 is 1.66 bits per heavy atom. The molecule has 0 atom stereocenters. The fourth-order valence-corrected chi connectivity index (χ4v) is 3.69. The molecule has 1 aromatic carbocycles. The molecule has 0 spiro atoms. The lowest BCUT2D eigenvalue weighted by atomic mass is 10.2. The van der Waals surface area contributed by atoms with Crippen LogP contribution in [-0.2, 0) is 9.59 Å². The van der Waals surface area contributed by atoms with Crippen LogP contribution in [0.4, 0.5) is 5.69 Å². The molecule has 0 saturated heterocycles. The van der Waals surface area contributed by atoms with Crippen LogP contribution in [0.25, 0.3) is 0 Å². The molecule has 170 valence electrons. The van der Waals surface area contributed by atoms with E-state index < -0.39 is 0 Å². The van der Waals surface area contributed by atoms with Gasteiger partial charge in [0.15, 0.2) is 0 Å². The van der Waals surface area contributed by atoms with Crippen molar-refractivity contribution in [3.05, 3.63) is 62.7 Å². The van der Waals surface area contributed by atoms with Crippen LogP contribution in [0.1, 0.15) is 35.6 Å². The van der Waals surface area contributed by atoms with Gasteiger partial charge in [-0.25, -0.2) is 10.9 Å². The third kappa shape index (κ3) is 6.55. The zero-order chi connectivity index (χ0) is 23.3. The summed E-state index contributed by atoms with van der Waals surface area (Å²) in [6.45, 7) is 8.48. The van der Waals surface area contributed by atoms with Gasteiger partial charge in [0.1, 0.15) is 0 Å². The van der Waals surface area contributed by atoms with Crippen molar-refractivity contribution in [1.29, 1.82) is 0 Å². The quantitative estimate of drug-likeness (QED) is 0.400. The average Bonchev–Trinajstić information content (AvgIpc) is 3.21. The number of nitrogens with zero attached hydrogens (tertiary/aromatic N) is 5. The summed E-state index contributed by atoms with van der Waals surface area (Å²) in [5.41, 5.74) is 9.99. The molecule has 3 aromatic rings. The Hall–Kier alpha value is -2.89. The summed E-state index contributed by atoms with van der Waals surface area (Å²) in [4.78, 5) is 30.0. The molecular formula is C22H28IN7O2. The lowest BCUT2D eigenvalue weighted by molar-refractivity contribution is -0.117. The lowest BCUT2D eigenvalue weighted by Crippen LogP contribution is -2.34. The van der Waals surface area contributed by atoms with E-state index in [-0.39, 0.29) is 24.7 Å². The minimum atomic E-state index is -0.140. The molecule has 0 radical (unpaired) electrons. The fourth-order valence-electron chi connectivity index (χ4n) is 3.33. The Labute approximate surface area is 201 Å². The van der Waals surface area contributed by atoms with Crippen LogP contribution >= 0.6 is 22.6 Å². The minimum absolute atomic E-state index is 0.140. The first-order valence-corrected chi connectivity index (χ1v) is 11.5. The second-order valence-corrected chi connectivity index (χ2v) is 8.96. The summed E-state index contributed by atoms with van der Waals surface area (Å²) >= 11 is 2.25. The molecule has 0 saturated carbocycles.